The van der Waals surface area contributed by atoms with Crippen LogP contribution in [0.15, 0.2) is 140 Å². The molecule has 1 nitrogen and oxygen atoms in total. The number of nitrogens with zero attached hydrogens (tertiary/aromatic N) is 1. The Morgan fingerprint density at radius 3 is 1.48 bits per heavy atom. The van der Waals surface area contributed by atoms with Crippen LogP contribution >= 0.6 is 22.6 Å². The zero-order valence-corrected chi connectivity index (χ0v) is 26.5. The molecular weight excluding hydrogens is 621 g/mol. The average Bonchev–Trinajstić information content (AvgIpc) is 3.04. The summed E-state index contributed by atoms with van der Waals surface area (Å²) < 4.78 is 1.29. The highest BCUT2D eigenvalue weighted by atomic mass is 127. The van der Waals surface area contributed by atoms with Crippen LogP contribution in [0.1, 0.15) is 18.1 Å². The molecule has 42 heavy (non-hydrogen) atoms. The van der Waals surface area contributed by atoms with Gasteiger partial charge >= 0.3 is 0 Å². The molecule has 7 aromatic rings. The van der Waals surface area contributed by atoms with Crippen LogP contribution in [0.5, 0.6) is 0 Å². The summed E-state index contributed by atoms with van der Waals surface area (Å²) in [7, 11) is 0. The second kappa shape index (κ2) is 12.4. The normalized spacial score (nSPS) is 11.0. The van der Waals surface area contributed by atoms with Crippen molar-refractivity contribution in [3.05, 3.63) is 154 Å². The van der Waals surface area contributed by atoms with Crippen molar-refractivity contribution < 1.29 is 0 Å². The first-order chi connectivity index (χ1) is 20.5. The van der Waals surface area contributed by atoms with Crippen LogP contribution in [0, 0.1) is 17.4 Å². The molecule has 7 aromatic carbocycles. The van der Waals surface area contributed by atoms with E-state index in [1.165, 1.54) is 69.5 Å². The molecule has 206 valence electrons. The highest BCUT2D eigenvalue weighted by Gasteiger charge is 2.13. The number of aryl methyl sites for hydroxylation is 2. The lowest BCUT2D eigenvalue weighted by atomic mass is 9.94. The van der Waals surface area contributed by atoms with Crippen molar-refractivity contribution in [3.8, 4) is 11.1 Å². The van der Waals surface area contributed by atoms with E-state index in [1.54, 1.807) is 0 Å². The minimum atomic E-state index is 0.903. The number of fused-ring (bicyclic) bond motifs is 6. The maximum atomic E-state index is 2.40. The largest absolute Gasteiger partial charge is 0.342 e. The number of hydrogen-bond donors (Lipinski definition) is 0. The molecule has 0 saturated heterocycles. The third-order valence-corrected chi connectivity index (χ3v) is 8.83. The monoisotopic (exact) mass is 655 g/mol. The minimum Gasteiger partial charge on any atom is -0.342 e. The van der Waals surface area contributed by atoms with Gasteiger partial charge in [-0.3, -0.25) is 0 Å². The van der Waals surface area contributed by atoms with E-state index in [1.807, 2.05) is 18.2 Å². The van der Waals surface area contributed by atoms with E-state index < -0.39 is 0 Å². The highest BCUT2D eigenvalue weighted by Crippen LogP contribution is 2.38. The summed E-state index contributed by atoms with van der Waals surface area (Å²) >= 11 is 2.28. The SMILES string of the molecule is CCN(c1ccc(-c2ccc(C)c(C)c2)cc1)c1ccc2c3ccccc3c3ccccc3c2c1.Ic1ccccc1. The molecule has 0 aliphatic heterocycles. The van der Waals surface area contributed by atoms with E-state index in [0.29, 0.717) is 0 Å². The fourth-order valence-electron chi connectivity index (χ4n) is 5.75. The summed E-state index contributed by atoms with van der Waals surface area (Å²) in [5, 5.41) is 7.87. The van der Waals surface area contributed by atoms with Crippen molar-refractivity contribution >= 4 is 66.3 Å². The van der Waals surface area contributed by atoms with Crippen LogP contribution < -0.4 is 4.90 Å². The summed E-state index contributed by atoms with van der Waals surface area (Å²) in [4.78, 5) is 2.40. The van der Waals surface area contributed by atoms with Gasteiger partial charge in [0, 0.05) is 21.5 Å². The summed E-state index contributed by atoms with van der Waals surface area (Å²) in [6, 6.07) is 50.4. The second-order valence-corrected chi connectivity index (χ2v) is 12.0. The molecule has 0 bridgehead atoms. The number of benzene rings is 7. The number of halogens is 1. The van der Waals surface area contributed by atoms with E-state index in [0.717, 1.165) is 6.54 Å². The summed E-state index contributed by atoms with van der Waals surface area (Å²) in [5.41, 5.74) is 7.62. The Hall–Kier alpha value is -4.15. The topological polar surface area (TPSA) is 3.24 Å². The molecule has 0 aliphatic carbocycles. The highest BCUT2D eigenvalue weighted by molar-refractivity contribution is 14.1. The van der Waals surface area contributed by atoms with Crippen molar-refractivity contribution in [2.45, 2.75) is 20.8 Å². The Kier molecular flexibility index (Phi) is 8.25. The first-order valence-corrected chi connectivity index (χ1v) is 15.6. The molecule has 0 N–H and O–H groups in total. The molecule has 0 aromatic heterocycles. The lowest BCUT2D eigenvalue weighted by Gasteiger charge is -2.24. The number of rotatable bonds is 4. The van der Waals surface area contributed by atoms with E-state index >= 15 is 0 Å². The first kappa shape index (κ1) is 28.0. The molecule has 0 spiro atoms. The van der Waals surface area contributed by atoms with Gasteiger partial charge in [0.1, 0.15) is 0 Å². The van der Waals surface area contributed by atoms with Gasteiger partial charge in [0.2, 0.25) is 0 Å². The Labute approximate surface area is 262 Å². The Morgan fingerprint density at radius 1 is 0.452 bits per heavy atom. The van der Waals surface area contributed by atoms with Crippen molar-refractivity contribution in [1.29, 1.82) is 0 Å². The fraction of sp³-hybridized carbons (Fsp3) is 0.100. The van der Waals surface area contributed by atoms with Gasteiger partial charge in [-0.15, -0.1) is 0 Å². The molecule has 7 rings (SSSR count). The third kappa shape index (κ3) is 5.64. The molecule has 0 unspecified atom stereocenters. The van der Waals surface area contributed by atoms with Gasteiger partial charge in [-0.05, 0) is 134 Å². The van der Waals surface area contributed by atoms with Gasteiger partial charge in [-0.2, -0.15) is 0 Å². The summed E-state index contributed by atoms with van der Waals surface area (Å²) in [5.74, 6) is 0. The lowest BCUT2D eigenvalue weighted by Crippen LogP contribution is -2.15. The van der Waals surface area contributed by atoms with Crippen LogP contribution in [0.3, 0.4) is 0 Å². The van der Waals surface area contributed by atoms with E-state index in [2.05, 4.69) is 170 Å². The molecule has 2 heteroatoms. The van der Waals surface area contributed by atoms with Crippen molar-refractivity contribution in [2.24, 2.45) is 0 Å². The van der Waals surface area contributed by atoms with Gasteiger partial charge in [0.25, 0.3) is 0 Å². The zero-order chi connectivity index (χ0) is 29.1. The molecule has 0 heterocycles. The molecule has 0 radical (unpaired) electrons. The van der Waals surface area contributed by atoms with Crippen LogP contribution in [0.4, 0.5) is 11.4 Å². The number of anilines is 2. The summed E-state index contributed by atoms with van der Waals surface area (Å²) in [6.45, 7) is 7.47. The Bertz CT molecular complexity index is 1960. The van der Waals surface area contributed by atoms with Crippen molar-refractivity contribution in [1.82, 2.24) is 0 Å². The van der Waals surface area contributed by atoms with Crippen LogP contribution in [0.2, 0.25) is 0 Å². The van der Waals surface area contributed by atoms with Crippen LogP contribution in [-0.4, -0.2) is 6.54 Å². The van der Waals surface area contributed by atoms with E-state index in [9.17, 15) is 0 Å². The summed E-state index contributed by atoms with van der Waals surface area (Å²) in [6.07, 6.45) is 0. The quantitative estimate of drug-likeness (QED) is 0.135. The second-order valence-electron chi connectivity index (χ2n) is 10.7. The number of hydrogen-bond acceptors (Lipinski definition) is 1. The maximum absolute atomic E-state index is 2.40. The van der Waals surface area contributed by atoms with Gasteiger partial charge in [-0.1, -0.05) is 103 Å². The van der Waals surface area contributed by atoms with Gasteiger partial charge in [0.15, 0.2) is 0 Å². The first-order valence-electron chi connectivity index (χ1n) is 14.5. The molecule has 0 amide bonds. The molecule has 0 atom stereocenters. The molecular formula is C40H34IN. The Balaban J connectivity index is 0.000000397. The van der Waals surface area contributed by atoms with Crippen molar-refractivity contribution in [2.75, 3.05) is 11.4 Å². The fourth-order valence-corrected chi connectivity index (χ4v) is 6.16. The zero-order valence-electron chi connectivity index (χ0n) is 24.3. The van der Waals surface area contributed by atoms with Crippen molar-refractivity contribution in [3.63, 3.8) is 0 Å². The maximum Gasteiger partial charge on any atom is 0.0417 e. The molecule has 0 saturated carbocycles. The van der Waals surface area contributed by atoms with E-state index in [4.69, 9.17) is 0 Å². The minimum absolute atomic E-state index is 0.903. The van der Waals surface area contributed by atoms with Gasteiger partial charge in [-0.25, -0.2) is 0 Å². The third-order valence-electron chi connectivity index (χ3n) is 8.11. The molecule has 0 fully saturated rings. The Morgan fingerprint density at radius 2 is 0.952 bits per heavy atom. The predicted molar refractivity (Wildman–Crippen MR) is 192 cm³/mol. The lowest BCUT2D eigenvalue weighted by molar-refractivity contribution is 1.03. The van der Waals surface area contributed by atoms with E-state index in [-0.39, 0.29) is 0 Å². The predicted octanol–water partition coefficient (Wildman–Crippen LogP) is 11.9. The standard InChI is InChI=1S/C34H29N.C6H5I/c1-4-35(27-17-15-25(16-18-27)26-14-13-23(2)24(3)21-26)28-19-20-33-31-11-6-5-9-29(31)30-10-7-8-12-32(30)34(33)22-28;7-6-4-2-1-3-5-6/h5-22H,4H2,1-3H3;1-5H. The van der Waals surface area contributed by atoms with Gasteiger partial charge < -0.3 is 4.90 Å². The van der Waals surface area contributed by atoms with Crippen LogP contribution in [0.25, 0.3) is 43.4 Å². The molecule has 0 aliphatic rings. The van der Waals surface area contributed by atoms with Crippen LogP contribution in [-0.2, 0) is 0 Å². The smallest absolute Gasteiger partial charge is 0.0417 e. The van der Waals surface area contributed by atoms with Gasteiger partial charge in [0.05, 0.1) is 0 Å². The average molecular weight is 656 g/mol.